The van der Waals surface area contributed by atoms with Crippen molar-refractivity contribution < 1.29 is 23.1 Å². The van der Waals surface area contributed by atoms with Crippen LogP contribution in [0.4, 0.5) is 13.2 Å². The molecule has 0 aliphatic carbocycles. The number of fused-ring (bicyclic) bond motifs is 1. The molecule has 0 bridgehead atoms. The Hall–Kier alpha value is -2.91. The summed E-state index contributed by atoms with van der Waals surface area (Å²) in [6.45, 7) is 1.54. The number of nitrogens with zero attached hydrogens (tertiary/aromatic N) is 2. The van der Waals surface area contributed by atoms with Gasteiger partial charge in [-0.05, 0) is 36.8 Å². The van der Waals surface area contributed by atoms with E-state index in [1.165, 1.54) is 6.07 Å². The lowest BCUT2D eigenvalue weighted by molar-refractivity contribution is -0.122. The molecular weight excluding hydrogens is 411 g/mol. The van der Waals surface area contributed by atoms with Gasteiger partial charge in [0.05, 0.1) is 27.7 Å². The maximum absolute atomic E-state index is 13.9. The van der Waals surface area contributed by atoms with Crippen LogP contribution >= 0.6 is 11.6 Å². The number of carboxylic acid groups (broad SMARTS) is 1. The normalized spacial score (nSPS) is 11.8. The molecule has 0 aliphatic rings. The largest absolute Gasteiger partial charge is 0.483 e. The fraction of sp³-hybridized carbons (Fsp3) is 0.211. The summed E-state index contributed by atoms with van der Waals surface area (Å²) in [5.74, 6) is -0.738. The zero-order chi connectivity index (χ0) is 21.7. The van der Waals surface area contributed by atoms with Crippen molar-refractivity contribution in [3.05, 3.63) is 69.0 Å². The second-order valence-electron chi connectivity index (χ2n) is 5.91. The molecule has 10 heteroatoms. The fourth-order valence-electron chi connectivity index (χ4n) is 2.74. The standard InChI is InChI=1S/C18H15ClF3N3O.CH2O2/c1-2-13(23)17-24-14-5-3-4-12(19)15(14)18(26)25(17)11-7-9(16(21)22)6-10(20)8-11;2-1-3/h3-8,13,16H,2,23H2,1H3;1H,(H,2,3). The number of benzene rings is 2. The summed E-state index contributed by atoms with van der Waals surface area (Å²) in [5, 5.41) is 7.17. The highest BCUT2D eigenvalue weighted by Gasteiger charge is 2.20. The molecule has 6 nitrogen and oxygen atoms in total. The first-order valence-electron chi connectivity index (χ1n) is 8.38. The Balaban J connectivity index is 0.000000941. The zero-order valence-corrected chi connectivity index (χ0v) is 15.9. The van der Waals surface area contributed by atoms with Crippen LogP contribution in [0.3, 0.4) is 0 Å². The summed E-state index contributed by atoms with van der Waals surface area (Å²) in [5.41, 5.74) is 5.20. The van der Waals surface area contributed by atoms with E-state index in [0.717, 1.165) is 22.8 Å². The van der Waals surface area contributed by atoms with E-state index in [1.807, 2.05) is 0 Å². The van der Waals surface area contributed by atoms with E-state index in [1.54, 1.807) is 19.1 Å². The molecule has 0 spiro atoms. The fourth-order valence-corrected chi connectivity index (χ4v) is 2.99. The number of alkyl halides is 2. The van der Waals surface area contributed by atoms with Gasteiger partial charge in [-0.2, -0.15) is 0 Å². The quantitative estimate of drug-likeness (QED) is 0.607. The van der Waals surface area contributed by atoms with Crippen molar-refractivity contribution in [2.45, 2.75) is 25.8 Å². The molecule has 2 aromatic carbocycles. The minimum absolute atomic E-state index is 0.0708. The van der Waals surface area contributed by atoms with Gasteiger partial charge in [0.15, 0.2) is 0 Å². The number of carbonyl (C=O) groups is 1. The molecule has 154 valence electrons. The van der Waals surface area contributed by atoms with Crippen LogP contribution in [-0.2, 0) is 4.79 Å². The second kappa shape index (κ2) is 9.53. The number of halogens is 4. The molecular formula is C19H17ClF3N3O3. The first-order valence-corrected chi connectivity index (χ1v) is 8.76. The molecule has 0 amide bonds. The second-order valence-corrected chi connectivity index (χ2v) is 6.32. The third kappa shape index (κ3) is 4.75. The summed E-state index contributed by atoms with van der Waals surface area (Å²) in [6.07, 6.45) is -2.45. The Labute approximate surface area is 168 Å². The predicted octanol–water partition coefficient (Wildman–Crippen LogP) is 4.23. The van der Waals surface area contributed by atoms with Crippen molar-refractivity contribution in [2.75, 3.05) is 0 Å². The van der Waals surface area contributed by atoms with E-state index in [2.05, 4.69) is 4.98 Å². The van der Waals surface area contributed by atoms with Crippen LogP contribution in [-0.4, -0.2) is 21.1 Å². The summed E-state index contributed by atoms with van der Waals surface area (Å²) < 4.78 is 41.1. The van der Waals surface area contributed by atoms with Gasteiger partial charge in [-0.25, -0.2) is 18.2 Å². The van der Waals surface area contributed by atoms with Gasteiger partial charge in [0.2, 0.25) is 0 Å². The summed E-state index contributed by atoms with van der Waals surface area (Å²) in [4.78, 5) is 25.8. The number of aromatic nitrogens is 2. The third-order valence-corrected chi connectivity index (χ3v) is 4.37. The zero-order valence-electron chi connectivity index (χ0n) is 15.2. The van der Waals surface area contributed by atoms with Crippen LogP contribution in [0, 0.1) is 5.82 Å². The van der Waals surface area contributed by atoms with E-state index in [0.29, 0.717) is 11.9 Å². The van der Waals surface area contributed by atoms with E-state index in [4.69, 9.17) is 27.2 Å². The van der Waals surface area contributed by atoms with Crippen molar-refractivity contribution in [3.63, 3.8) is 0 Å². The molecule has 0 saturated carbocycles. The highest BCUT2D eigenvalue weighted by atomic mass is 35.5. The molecule has 3 aromatic rings. The first kappa shape index (κ1) is 22.4. The maximum atomic E-state index is 13.9. The molecule has 0 radical (unpaired) electrons. The van der Waals surface area contributed by atoms with Gasteiger partial charge in [0.25, 0.3) is 18.5 Å². The number of hydrogen-bond donors (Lipinski definition) is 2. The molecule has 29 heavy (non-hydrogen) atoms. The number of hydrogen-bond acceptors (Lipinski definition) is 4. The Bertz CT molecular complexity index is 1090. The van der Waals surface area contributed by atoms with Crippen LogP contribution in [0.1, 0.15) is 37.2 Å². The minimum atomic E-state index is -2.89. The van der Waals surface area contributed by atoms with Gasteiger partial charge in [0.1, 0.15) is 11.6 Å². The molecule has 0 fully saturated rings. The molecule has 0 aliphatic heterocycles. The molecule has 0 saturated heterocycles. The third-order valence-electron chi connectivity index (χ3n) is 4.06. The Kier molecular flexibility index (Phi) is 7.35. The lowest BCUT2D eigenvalue weighted by Crippen LogP contribution is -2.28. The molecule has 1 atom stereocenters. The van der Waals surface area contributed by atoms with Gasteiger partial charge in [-0.1, -0.05) is 24.6 Å². The van der Waals surface area contributed by atoms with Crippen molar-refractivity contribution in [1.29, 1.82) is 0 Å². The Morgan fingerprint density at radius 1 is 1.31 bits per heavy atom. The number of nitrogens with two attached hydrogens (primary N) is 1. The van der Waals surface area contributed by atoms with Crippen LogP contribution in [0.25, 0.3) is 16.6 Å². The summed E-state index contributed by atoms with van der Waals surface area (Å²) in [7, 11) is 0. The Morgan fingerprint density at radius 3 is 2.55 bits per heavy atom. The van der Waals surface area contributed by atoms with E-state index >= 15 is 0 Å². The van der Waals surface area contributed by atoms with Crippen molar-refractivity contribution in [2.24, 2.45) is 5.73 Å². The molecule has 1 heterocycles. The maximum Gasteiger partial charge on any atom is 0.290 e. The topological polar surface area (TPSA) is 98.2 Å². The predicted molar refractivity (Wildman–Crippen MR) is 103 cm³/mol. The number of rotatable bonds is 4. The van der Waals surface area contributed by atoms with Crippen LogP contribution in [0.5, 0.6) is 0 Å². The minimum Gasteiger partial charge on any atom is -0.483 e. The highest BCUT2D eigenvalue weighted by molar-refractivity contribution is 6.35. The molecule has 3 N–H and O–H groups in total. The van der Waals surface area contributed by atoms with Crippen LogP contribution < -0.4 is 11.3 Å². The van der Waals surface area contributed by atoms with Crippen molar-refractivity contribution >= 4 is 29.0 Å². The SMILES string of the molecule is CCC(N)c1nc2cccc(Cl)c2c(=O)n1-c1cc(F)cc(C(F)F)c1.O=CO. The first-order chi connectivity index (χ1) is 13.7. The summed E-state index contributed by atoms with van der Waals surface area (Å²) >= 11 is 6.12. The lowest BCUT2D eigenvalue weighted by Gasteiger charge is -2.18. The molecule has 1 unspecified atom stereocenters. The molecule has 3 rings (SSSR count). The van der Waals surface area contributed by atoms with Gasteiger partial charge < -0.3 is 10.8 Å². The van der Waals surface area contributed by atoms with E-state index in [9.17, 15) is 18.0 Å². The van der Waals surface area contributed by atoms with Gasteiger partial charge in [-0.3, -0.25) is 14.2 Å². The van der Waals surface area contributed by atoms with E-state index < -0.39 is 29.4 Å². The Morgan fingerprint density at radius 2 is 1.97 bits per heavy atom. The van der Waals surface area contributed by atoms with Gasteiger partial charge in [-0.15, -0.1) is 0 Å². The van der Waals surface area contributed by atoms with Crippen LogP contribution in [0.2, 0.25) is 5.02 Å². The van der Waals surface area contributed by atoms with E-state index in [-0.39, 0.29) is 28.4 Å². The smallest absolute Gasteiger partial charge is 0.290 e. The van der Waals surface area contributed by atoms with Crippen molar-refractivity contribution in [1.82, 2.24) is 9.55 Å². The highest BCUT2D eigenvalue weighted by Crippen LogP contribution is 2.26. The average Bonchev–Trinajstić information content (AvgIpc) is 2.67. The van der Waals surface area contributed by atoms with Gasteiger partial charge in [0, 0.05) is 5.56 Å². The van der Waals surface area contributed by atoms with Gasteiger partial charge >= 0.3 is 0 Å². The molecule has 1 aromatic heterocycles. The average molecular weight is 428 g/mol. The monoisotopic (exact) mass is 427 g/mol. The lowest BCUT2D eigenvalue weighted by atomic mass is 10.1. The summed E-state index contributed by atoms with van der Waals surface area (Å²) in [6, 6.07) is 6.88. The van der Waals surface area contributed by atoms with Crippen LogP contribution in [0.15, 0.2) is 41.2 Å². The van der Waals surface area contributed by atoms with Crippen molar-refractivity contribution in [3.8, 4) is 5.69 Å².